The Morgan fingerprint density at radius 1 is 1.53 bits per heavy atom. The first kappa shape index (κ1) is 11.4. The Morgan fingerprint density at radius 3 is 2.73 bits per heavy atom. The molecule has 0 spiro atoms. The van der Waals surface area contributed by atoms with Gasteiger partial charge in [0.1, 0.15) is 11.8 Å². The van der Waals surface area contributed by atoms with Gasteiger partial charge in [0, 0.05) is 12.2 Å². The van der Waals surface area contributed by atoms with Gasteiger partial charge in [0.05, 0.1) is 5.60 Å². The van der Waals surface area contributed by atoms with Crippen molar-refractivity contribution in [3.8, 4) is 6.07 Å². The molecule has 0 unspecified atom stereocenters. The largest absolute Gasteiger partial charge is 0.389 e. The molecule has 0 aliphatic heterocycles. The first-order valence-electron chi connectivity index (χ1n) is 4.63. The van der Waals surface area contributed by atoms with Crippen LogP contribution < -0.4 is 5.32 Å². The minimum atomic E-state index is -0.833. The standard InChI is InChI=1S/C10H14N4O/c1-7-4-8(5-11)14-9(13-7)12-6-10(2,3)15/h4,15H,6H2,1-3H3,(H,12,13,14). The Morgan fingerprint density at radius 2 is 2.20 bits per heavy atom. The van der Waals surface area contributed by atoms with Crippen LogP contribution in [0.3, 0.4) is 0 Å². The quantitative estimate of drug-likeness (QED) is 0.765. The number of aromatic nitrogens is 2. The second kappa shape index (κ2) is 4.24. The molecule has 5 nitrogen and oxygen atoms in total. The molecule has 0 saturated carbocycles. The van der Waals surface area contributed by atoms with E-state index in [1.807, 2.05) is 6.07 Å². The lowest BCUT2D eigenvalue weighted by Gasteiger charge is -2.17. The van der Waals surface area contributed by atoms with Gasteiger partial charge in [-0.25, -0.2) is 9.97 Å². The molecule has 0 fully saturated rings. The molecule has 5 heteroatoms. The molecular weight excluding hydrogens is 192 g/mol. The zero-order valence-corrected chi connectivity index (χ0v) is 9.07. The van der Waals surface area contributed by atoms with Crippen LogP contribution in [0, 0.1) is 18.3 Å². The summed E-state index contributed by atoms with van der Waals surface area (Å²) in [7, 11) is 0. The summed E-state index contributed by atoms with van der Waals surface area (Å²) in [6.45, 7) is 5.49. The van der Waals surface area contributed by atoms with E-state index in [-0.39, 0.29) is 0 Å². The van der Waals surface area contributed by atoms with E-state index in [1.165, 1.54) is 0 Å². The molecule has 0 saturated heterocycles. The Hall–Kier alpha value is -1.67. The minimum absolute atomic E-state index is 0.320. The van der Waals surface area contributed by atoms with Crippen molar-refractivity contribution in [3.63, 3.8) is 0 Å². The van der Waals surface area contributed by atoms with Crippen LogP contribution in [-0.2, 0) is 0 Å². The number of anilines is 1. The molecule has 0 atom stereocenters. The van der Waals surface area contributed by atoms with Gasteiger partial charge in [0.25, 0.3) is 0 Å². The molecule has 1 rings (SSSR count). The fourth-order valence-electron chi connectivity index (χ4n) is 1.00. The molecule has 80 valence electrons. The smallest absolute Gasteiger partial charge is 0.224 e. The Labute approximate surface area is 88.8 Å². The van der Waals surface area contributed by atoms with Crippen LogP contribution >= 0.6 is 0 Å². The Kier molecular flexibility index (Phi) is 3.22. The third kappa shape index (κ3) is 3.92. The summed E-state index contributed by atoms with van der Waals surface area (Å²) < 4.78 is 0. The summed E-state index contributed by atoms with van der Waals surface area (Å²) in [5.41, 5.74) is 0.209. The van der Waals surface area contributed by atoms with Crippen LogP contribution in [0.15, 0.2) is 6.07 Å². The van der Waals surface area contributed by atoms with Crippen molar-refractivity contribution in [2.75, 3.05) is 11.9 Å². The van der Waals surface area contributed by atoms with Gasteiger partial charge in [-0.3, -0.25) is 0 Å². The number of aryl methyl sites for hydroxylation is 1. The third-order valence-corrected chi connectivity index (χ3v) is 1.65. The van der Waals surface area contributed by atoms with Crippen molar-refractivity contribution >= 4 is 5.95 Å². The Balaban J connectivity index is 2.78. The summed E-state index contributed by atoms with van der Waals surface area (Å²) in [5.74, 6) is 0.369. The first-order valence-corrected chi connectivity index (χ1v) is 4.63. The van der Waals surface area contributed by atoms with Gasteiger partial charge in [0.15, 0.2) is 0 Å². The van der Waals surface area contributed by atoms with Crippen LogP contribution in [0.4, 0.5) is 5.95 Å². The molecule has 0 bridgehead atoms. The molecule has 1 aromatic heterocycles. The maximum atomic E-state index is 9.49. The monoisotopic (exact) mass is 206 g/mol. The van der Waals surface area contributed by atoms with Gasteiger partial charge in [-0.1, -0.05) is 0 Å². The van der Waals surface area contributed by atoms with Crippen molar-refractivity contribution in [2.45, 2.75) is 26.4 Å². The van der Waals surface area contributed by atoms with Crippen molar-refractivity contribution in [3.05, 3.63) is 17.5 Å². The molecule has 15 heavy (non-hydrogen) atoms. The zero-order chi connectivity index (χ0) is 11.5. The summed E-state index contributed by atoms with van der Waals surface area (Å²) in [6.07, 6.45) is 0. The van der Waals surface area contributed by atoms with Gasteiger partial charge in [-0.15, -0.1) is 0 Å². The number of nitrogens with zero attached hydrogens (tertiary/aromatic N) is 3. The molecule has 0 aromatic carbocycles. The molecule has 0 aliphatic rings. The van der Waals surface area contributed by atoms with Crippen LogP contribution in [0.1, 0.15) is 25.2 Å². The predicted molar refractivity (Wildman–Crippen MR) is 56.3 cm³/mol. The average Bonchev–Trinajstić information content (AvgIpc) is 2.13. The normalized spacial score (nSPS) is 10.9. The maximum absolute atomic E-state index is 9.49. The SMILES string of the molecule is Cc1cc(C#N)nc(NCC(C)(C)O)n1. The van der Waals surface area contributed by atoms with E-state index in [2.05, 4.69) is 15.3 Å². The van der Waals surface area contributed by atoms with E-state index in [1.54, 1.807) is 26.8 Å². The summed E-state index contributed by atoms with van der Waals surface area (Å²) in [4.78, 5) is 8.06. The Bertz CT molecular complexity index is 389. The molecule has 1 heterocycles. The van der Waals surface area contributed by atoms with E-state index in [0.717, 1.165) is 5.69 Å². The fourth-order valence-corrected chi connectivity index (χ4v) is 1.00. The van der Waals surface area contributed by atoms with Crippen molar-refractivity contribution in [1.82, 2.24) is 9.97 Å². The lowest BCUT2D eigenvalue weighted by atomic mass is 10.1. The predicted octanol–water partition coefficient (Wildman–Crippen LogP) is 0.839. The van der Waals surface area contributed by atoms with Crippen LogP contribution in [-0.4, -0.2) is 27.2 Å². The molecule has 0 amide bonds. The zero-order valence-electron chi connectivity index (χ0n) is 9.07. The highest BCUT2D eigenvalue weighted by Crippen LogP contribution is 2.06. The van der Waals surface area contributed by atoms with Crippen molar-refractivity contribution in [2.24, 2.45) is 0 Å². The van der Waals surface area contributed by atoms with E-state index < -0.39 is 5.60 Å². The number of nitrogens with one attached hydrogen (secondary N) is 1. The summed E-state index contributed by atoms with van der Waals surface area (Å²) in [6, 6.07) is 3.56. The van der Waals surface area contributed by atoms with E-state index in [4.69, 9.17) is 5.26 Å². The number of nitriles is 1. The van der Waals surface area contributed by atoms with E-state index in [9.17, 15) is 5.11 Å². The van der Waals surface area contributed by atoms with Gasteiger partial charge >= 0.3 is 0 Å². The topological polar surface area (TPSA) is 81.8 Å². The van der Waals surface area contributed by atoms with E-state index in [0.29, 0.717) is 18.2 Å². The van der Waals surface area contributed by atoms with Gasteiger partial charge in [-0.05, 0) is 26.8 Å². The highest BCUT2D eigenvalue weighted by molar-refractivity contribution is 5.33. The van der Waals surface area contributed by atoms with Gasteiger partial charge < -0.3 is 10.4 Å². The van der Waals surface area contributed by atoms with Crippen molar-refractivity contribution in [1.29, 1.82) is 5.26 Å². The fraction of sp³-hybridized carbons (Fsp3) is 0.500. The van der Waals surface area contributed by atoms with Crippen LogP contribution in [0.5, 0.6) is 0 Å². The lowest BCUT2D eigenvalue weighted by molar-refractivity contribution is 0.0943. The van der Waals surface area contributed by atoms with E-state index >= 15 is 0 Å². The van der Waals surface area contributed by atoms with Gasteiger partial charge in [0.2, 0.25) is 5.95 Å². The molecule has 0 radical (unpaired) electrons. The number of aliphatic hydroxyl groups is 1. The molecular formula is C10H14N4O. The molecule has 1 aromatic rings. The molecule has 2 N–H and O–H groups in total. The third-order valence-electron chi connectivity index (χ3n) is 1.65. The molecule has 0 aliphatic carbocycles. The second-order valence-electron chi connectivity index (χ2n) is 4.00. The van der Waals surface area contributed by atoms with Crippen molar-refractivity contribution < 1.29 is 5.11 Å². The van der Waals surface area contributed by atoms with Crippen LogP contribution in [0.2, 0.25) is 0 Å². The highest BCUT2D eigenvalue weighted by Gasteiger charge is 2.12. The number of rotatable bonds is 3. The second-order valence-corrected chi connectivity index (χ2v) is 4.00. The first-order chi connectivity index (χ1) is 6.90. The maximum Gasteiger partial charge on any atom is 0.224 e. The van der Waals surface area contributed by atoms with Crippen LogP contribution in [0.25, 0.3) is 0 Å². The average molecular weight is 206 g/mol. The number of hydrogen-bond acceptors (Lipinski definition) is 5. The van der Waals surface area contributed by atoms with Gasteiger partial charge in [-0.2, -0.15) is 5.26 Å². The lowest BCUT2D eigenvalue weighted by Crippen LogP contribution is -2.30. The minimum Gasteiger partial charge on any atom is -0.389 e. The highest BCUT2D eigenvalue weighted by atomic mass is 16.3. The summed E-state index contributed by atoms with van der Waals surface area (Å²) in [5, 5.41) is 21.1. The summed E-state index contributed by atoms with van der Waals surface area (Å²) >= 11 is 0. The number of hydrogen-bond donors (Lipinski definition) is 2.